The lowest BCUT2D eigenvalue weighted by molar-refractivity contribution is -0.101. The third-order valence-electron chi connectivity index (χ3n) is 2.63. The van der Waals surface area contributed by atoms with Gasteiger partial charge in [-0.15, -0.1) is 0 Å². The first kappa shape index (κ1) is 12.2. The van der Waals surface area contributed by atoms with Gasteiger partial charge in [-0.1, -0.05) is 6.07 Å². The number of rotatable bonds is 4. The number of benzene rings is 1. The van der Waals surface area contributed by atoms with Gasteiger partial charge >= 0.3 is 0 Å². The summed E-state index contributed by atoms with van der Waals surface area (Å²) in [5.41, 5.74) is 1.14. The summed E-state index contributed by atoms with van der Waals surface area (Å²) in [5, 5.41) is 0. The molecule has 0 bridgehead atoms. The zero-order chi connectivity index (χ0) is 12.1. The molecule has 4 heteroatoms. The Morgan fingerprint density at radius 2 is 2.18 bits per heavy atom. The van der Waals surface area contributed by atoms with E-state index in [9.17, 15) is 0 Å². The van der Waals surface area contributed by atoms with Crippen molar-refractivity contribution in [2.24, 2.45) is 0 Å². The Morgan fingerprint density at radius 1 is 1.29 bits per heavy atom. The second kappa shape index (κ2) is 5.89. The zero-order valence-electron chi connectivity index (χ0n) is 10.3. The van der Waals surface area contributed by atoms with Gasteiger partial charge in [-0.25, -0.2) is 0 Å². The van der Waals surface area contributed by atoms with Crippen LogP contribution in [0.1, 0.15) is 5.56 Å². The molecule has 0 spiro atoms. The van der Waals surface area contributed by atoms with Crippen molar-refractivity contribution in [1.29, 1.82) is 0 Å². The van der Waals surface area contributed by atoms with Gasteiger partial charge in [0, 0.05) is 0 Å². The van der Waals surface area contributed by atoms with E-state index in [0.717, 1.165) is 17.1 Å². The third kappa shape index (κ3) is 3.35. The molecule has 0 aliphatic carbocycles. The molecule has 1 fully saturated rings. The van der Waals surface area contributed by atoms with Crippen molar-refractivity contribution in [3.05, 3.63) is 23.8 Å². The second-order valence-electron chi connectivity index (χ2n) is 4.03. The van der Waals surface area contributed by atoms with Gasteiger partial charge in [-0.3, -0.25) is 0 Å². The molecule has 94 valence electrons. The average Bonchev–Trinajstić information content (AvgIpc) is 2.38. The predicted molar refractivity (Wildman–Crippen MR) is 63.8 cm³/mol. The highest BCUT2D eigenvalue weighted by atomic mass is 16.6. The van der Waals surface area contributed by atoms with Crippen LogP contribution in [0.4, 0.5) is 0 Å². The van der Waals surface area contributed by atoms with E-state index in [-0.39, 0.29) is 6.10 Å². The molecule has 1 atom stereocenters. The number of hydrogen-bond donors (Lipinski definition) is 0. The van der Waals surface area contributed by atoms with Crippen molar-refractivity contribution >= 4 is 0 Å². The molecular weight excluding hydrogens is 220 g/mol. The molecule has 0 unspecified atom stereocenters. The topological polar surface area (TPSA) is 36.9 Å². The highest BCUT2D eigenvalue weighted by molar-refractivity contribution is 5.42. The van der Waals surface area contributed by atoms with Gasteiger partial charge in [-0.2, -0.15) is 0 Å². The highest BCUT2D eigenvalue weighted by Gasteiger charge is 2.15. The van der Waals surface area contributed by atoms with Crippen LogP contribution in [0.5, 0.6) is 11.5 Å². The fourth-order valence-corrected chi connectivity index (χ4v) is 1.71. The van der Waals surface area contributed by atoms with Crippen LogP contribution in [0.25, 0.3) is 0 Å². The van der Waals surface area contributed by atoms with E-state index in [1.165, 1.54) is 0 Å². The molecule has 1 heterocycles. The molecule has 4 nitrogen and oxygen atoms in total. The smallest absolute Gasteiger partial charge is 0.161 e. The molecule has 1 aromatic rings. The highest BCUT2D eigenvalue weighted by Crippen LogP contribution is 2.27. The number of hydrogen-bond acceptors (Lipinski definition) is 4. The monoisotopic (exact) mass is 238 g/mol. The van der Waals surface area contributed by atoms with E-state index in [0.29, 0.717) is 26.4 Å². The summed E-state index contributed by atoms with van der Waals surface area (Å²) < 4.78 is 21.8. The maximum absolute atomic E-state index is 5.69. The van der Waals surface area contributed by atoms with Crippen LogP contribution in [-0.2, 0) is 9.47 Å². The van der Waals surface area contributed by atoms with Crippen molar-refractivity contribution in [2.45, 2.75) is 13.0 Å². The molecule has 17 heavy (non-hydrogen) atoms. The number of methoxy groups -OCH3 is 1. The summed E-state index contributed by atoms with van der Waals surface area (Å²) >= 11 is 0. The van der Waals surface area contributed by atoms with Gasteiger partial charge in [0.15, 0.2) is 11.5 Å². The first-order valence-electron chi connectivity index (χ1n) is 5.76. The first-order chi connectivity index (χ1) is 8.29. The summed E-state index contributed by atoms with van der Waals surface area (Å²) in [7, 11) is 1.64. The van der Waals surface area contributed by atoms with Crippen molar-refractivity contribution in [3.63, 3.8) is 0 Å². The van der Waals surface area contributed by atoms with Crippen LogP contribution in [0.3, 0.4) is 0 Å². The predicted octanol–water partition coefficient (Wildman–Crippen LogP) is 1.80. The Balaban J connectivity index is 1.93. The Labute approximate surface area is 101 Å². The normalized spacial score (nSPS) is 20.0. The molecule has 1 saturated heterocycles. The van der Waals surface area contributed by atoms with Crippen molar-refractivity contribution in [2.75, 3.05) is 33.5 Å². The van der Waals surface area contributed by atoms with Crippen LogP contribution >= 0.6 is 0 Å². The summed E-state index contributed by atoms with van der Waals surface area (Å²) in [6, 6.07) is 5.86. The standard InChI is InChI=1S/C13H18O4/c1-10-3-4-12(13(7-10)14-2)17-9-11-8-15-5-6-16-11/h3-4,7,11H,5-6,8-9H2,1-2H3/t11-/m0/s1. The van der Waals surface area contributed by atoms with Crippen LogP contribution in [0.2, 0.25) is 0 Å². The van der Waals surface area contributed by atoms with Gasteiger partial charge in [0.25, 0.3) is 0 Å². The lowest BCUT2D eigenvalue weighted by Gasteiger charge is -2.23. The van der Waals surface area contributed by atoms with Gasteiger partial charge in [0.05, 0.1) is 26.9 Å². The van der Waals surface area contributed by atoms with Crippen LogP contribution < -0.4 is 9.47 Å². The van der Waals surface area contributed by atoms with E-state index in [2.05, 4.69) is 0 Å². The molecule has 1 aromatic carbocycles. The zero-order valence-corrected chi connectivity index (χ0v) is 10.3. The molecule has 0 saturated carbocycles. The summed E-state index contributed by atoms with van der Waals surface area (Å²) in [4.78, 5) is 0. The van der Waals surface area contributed by atoms with Gasteiger partial charge in [0.1, 0.15) is 12.7 Å². The fraction of sp³-hybridized carbons (Fsp3) is 0.538. The number of ether oxygens (including phenoxy) is 4. The minimum atomic E-state index is 0.00904. The van der Waals surface area contributed by atoms with Crippen molar-refractivity contribution in [1.82, 2.24) is 0 Å². The minimum Gasteiger partial charge on any atom is -0.493 e. The lowest BCUT2D eigenvalue weighted by Crippen LogP contribution is -2.33. The minimum absolute atomic E-state index is 0.00904. The quantitative estimate of drug-likeness (QED) is 0.801. The molecule has 0 amide bonds. The molecule has 1 aliphatic rings. The summed E-state index contributed by atoms with van der Waals surface area (Å²) in [6.45, 7) is 4.40. The Bertz CT molecular complexity index is 358. The molecule has 0 N–H and O–H groups in total. The van der Waals surface area contributed by atoms with Crippen molar-refractivity contribution in [3.8, 4) is 11.5 Å². The van der Waals surface area contributed by atoms with E-state index >= 15 is 0 Å². The summed E-state index contributed by atoms with van der Waals surface area (Å²) in [6.07, 6.45) is 0.00904. The van der Waals surface area contributed by atoms with E-state index in [4.69, 9.17) is 18.9 Å². The van der Waals surface area contributed by atoms with E-state index < -0.39 is 0 Å². The van der Waals surface area contributed by atoms with Gasteiger partial charge in [0.2, 0.25) is 0 Å². The van der Waals surface area contributed by atoms with Crippen LogP contribution in [-0.4, -0.2) is 39.6 Å². The third-order valence-corrected chi connectivity index (χ3v) is 2.63. The molecule has 1 aliphatic heterocycles. The van der Waals surface area contributed by atoms with Gasteiger partial charge < -0.3 is 18.9 Å². The van der Waals surface area contributed by atoms with E-state index in [1.807, 2.05) is 25.1 Å². The fourth-order valence-electron chi connectivity index (χ4n) is 1.71. The Morgan fingerprint density at radius 3 is 2.88 bits per heavy atom. The SMILES string of the molecule is COc1cc(C)ccc1OC[C@@H]1COCCO1. The molecular formula is C13H18O4. The lowest BCUT2D eigenvalue weighted by atomic mass is 10.2. The van der Waals surface area contributed by atoms with Crippen molar-refractivity contribution < 1.29 is 18.9 Å². The summed E-state index contributed by atoms with van der Waals surface area (Å²) in [5.74, 6) is 1.49. The second-order valence-corrected chi connectivity index (χ2v) is 4.03. The van der Waals surface area contributed by atoms with E-state index in [1.54, 1.807) is 7.11 Å². The Kier molecular flexibility index (Phi) is 4.23. The maximum atomic E-state index is 5.69. The Hall–Kier alpha value is -1.26. The maximum Gasteiger partial charge on any atom is 0.161 e. The number of aryl methyl sites for hydroxylation is 1. The van der Waals surface area contributed by atoms with Gasteiger partial charge in [-0.05, 0) is 24.6 Å². The molecule has 0 radical (unpaired) electrons. The first-order valence-corrected chi connectivity index (χ1v) is 5.76. The van der Waals surface area contributed by atoms with Crippen LogP contribution in [0.15, 0.2) is 18.2 Å². The van der Waals surface area contributed by atoms with Crippen LogP contribution in [0, 0.1) is 6.92 Å². The molecule has 0 aromatic heterocycles. The molecule has 2 rings (SSSR count). The average molecular weight is 238 g/mol. The largest absolute Gasteiger partial charge is 0.493 e.